The maximum absolute atomic E-state index is 10.4. The van der Waals surface area contributed by atoms with Crippen LogP contribution in [0.5, 0.6) is 11.5 Å². The van der Waals surface area contributed by atoms with Crippen molar-refractivity contribution in [2.24, 2.45) is 17.8 Å². The number of aromatic nitrogens is 3. The Labute approximate surface area is 296 Å². The van der Waals surface area contributed by atoms with Gasteiger partial charge in [-0.15, -0.1) is 0 Å². The Morgan fingerprint density at radius 3 is 1.86 bits per heavy atom. The van der Waals surface area contributed by atoms with Crippen LogP contribution in [-0.4, -0.2) is 15.0 Å². The number of fused-ring (bicyclic) bond motifs is 2. The summed E-state index contributed by atoms with van der Waals surface area (Å²) in [7, 11) is 0. The number of para-hydroxylation sites is 1. The van der Waals surface area contributed by atoms with Crippen molar-refractivity contribution < 1.29 is 4.74 Å². The maximum atomic E-state index is 10.4. The van der Waals surface area contributed by atoms with Gasteiger partial charge in [-0.3, -0.25) is 0 Å². The Morgan fingerprint density at radius 2 is 1.16 bits per heavy atom. The topological polar surface area (TPSA) is 71.7 Å². The lowest BCUT2D eigenvalue weighted by atomic mass is 9.48. The van der Waals surface area contributed by atoms with Crippen molar-refractivity contribution in [2.45, 2.75) is 53.7 Å². The highest BCUT2D eigenvalue weighted by Gasteiger charge is 2.51. The molecule has 0 radical (unpaired) electrons. The van der Waals surface area contributed by atoms with Crippen LogP contribution < -0.4 is 4.74 Å². The quantitative estimate of drug-likeness (QED) is 0.182. The molecule has 0 unspecified atom stereocenters. The standard InChI is InChI=1S/C44H34N4OS/c45-26-34-21-32(12-16-36(34)30-10-14-35(15-11-30)44-23-27-18-28(24-44)20-29(19-27)25-44)42-46-41(31-6-2-1-3-7-31)47-43(48-42)33-13-17-38-40(22-33)50-39-9-5-4-8-37(39)49-38/h1-17,21-22,27-29H,18-20,23-25H2/t27-,28+,29-,44?. The second-order valence-corrected chi connectivity index (χ2v) is 15.7. The van der Waals surface area contributed by atoms with Gasteiger partial charge in [0, 0.05) is 16.7 Å². The molecule has 4 bridgehead atoms. The van der Waals surface area contributed by atoms with Gasteiger partial charge in [0.15, 0.2) is 17.5 Å². The number of nitriles is 1. The molecule has 0 saturated heterocycles. The molecule has 5 aromatic carbocycles. The molecule has 4 fully saturated rings. The molecule has 242 valence electrons. The van der Waals surface area contributed by atoms with Crippen LogP contribution in [0, 0.1) is 29.1 Å². The lowest BCUT2D eigenvalue weighted by Gasteiger charge is -2.57. The molecule has 1 aromatic heterocycles. The van der Waals surface area contributed by atoms with Crippen molar-refractivity contribution in [2.75, 3.05) is 0 Å². The summed E-state index contributed by atoms with van der Waals surface area (Å²) in [5, 5.41) is 10.4. The van der Waals surface area contributed by atoms with Gasteiger partial charge in [0.25, 0.3) is 0 Å². The Kier molecular flexibility index (Phi) is 6.92. The zero-order valence-corrected chi connectivity index (χ0v) is 28.4. The van der Waals surface area contributed by atoms with Crippen LogP contribution >= 0.6 is 11.8 Å². The van der Waals surface area contributed by atoms with Gasteiger partial charge in [-0.1, -0.05) is 90.6 Å². The van der Waals surface area contributed by atoms with E-state index < -0.39 is 0 Å². The minimum atomic E-state index is 0.357. The van der Waals surface area contributed by atoms with Crippen molar-refractivity contribution in [3.8, 4) is 62.9 Å². The van der Waals surface area contributed by atoms with Gasteiger partial charge in [-0.05, 0) is 115 Å². The van der Waals surface area contributed by atoms with Crippen LogP contribution in [0.15, 0.2) is 125 Å². The number of benzene rings is 5. The molecule has 2 heterocycles. The average Bonchev–Trinajstić information content (AvgIpc) is 3.16. The first-order chi connectivity index (χ1) is 24.6. The lowest BCUT2D eigenvalue weighted by Crippen LogP contribution is -2.48. The van der Waals surface area contributed by atoms with E-state index in [0.717, 1.165) is 66.9 Å². The monoisotopic (exact) mass is 666 g/mol. The molecule has 11 rings (SSSR count). The fourth-order valence-corrected chi connectivity index (χ4v) is 10.5. The first-order valence-electron chi connectivity index (χ1n) is 17.7. The zero-order chi connectivity index (χ0) is 33.2. The third kappa shape index (κ3) is 5.11. The summed E-state index contributed by atoms with van der Waals surface area (Å²) >= 11 is 1.68. The molecule has 4 aliphatic carbocycles. The summed E-state index contributed by atoms with van der Waals surface area (Å²) in [4.78, 5) is 16.9. The van der Waals surface area contributed by atoms with E-state index in [0.29, 0.717) is 28.5 Å². The molecular weight excluding hydrogens is 633 g/mol. The van der Waals surface area contributed by atoms with E-state index in [2.05, 4.69) is 42.5 Å². The van der Waals surface area contributed by atoms with Crippen LogP contribution in [0.1, 0.15) is 49.7 Å². The van der Waals surface area contributed by atoms with E-state index >= 15 is 0 Å². The van der Waals surface area contributed by atoms with E-state index in [1.165, 1.54) is 44.1 Å². The number of nitrogens with zero attached hydrogens (tertiary/aromatic N) is 4. The number of ether oxygens (including phenoxy) is 1. The van der Waals surface area contributed by atoms with Gasteiger partial charge in [-0.2, -0.15) is 5.26 Å². The molecule has 0 spiro atoms. The molecule has 6 aromatic rings. The Hall–Kier alpha value is -5.25. The third-order valence-electron chi connectivity index (χ3n) is 11.4. The molecule has 1 aliphatic heterocycles. The minimum absolute atomic E-state index is 0.357. The Balaban J connectivity index is 1.00. The number of hydrogen-bond donors (Lipinski definition) is 0. The molecule has 0 amide bonds. The highest BCUT2D eigenvalue weighted by molar-refractivity contribution is 7.99. The van der Waals surface area contributed by atoms with Crippen molar-refractivity contribution in [3.05, 3.63) is 126 Å². The molecule has 0 atom stereocenters. The molecule has 6 heteroatoms. The predicted molar refractivity (Wildman–Crippen MR) is 197 cm³/mol. The van der Waals surface area contributed by atoms with Gasteiger partial charge in [-0.25, -0.2) is 15.0 Å². The SMILES string of the molecule is N#Cc1cc(-c2nc(-c3ccccc3)nc(-c3ccc4c(c3)Sc3ccccc3O4)n2)ccc1-c1ccc(C23C[C@H]4C[C@@H](C2)C[C@@H](C3)C4)cc1. The van der Waals surface area contributed by atoms with Crippen molar-refractivity contribution >= 4 is 11.8 Å². The third-order valence-corrected chi connectivity index (χ3v) is 12.5. The first kappa shape index (κ1) is 29.6. The van der Waals surface area contributed by atoms with E-state index in [-0.39, 0.29) is 0 Å². The molecular formula is C44H34N4OS. The Bertz CT molecular complexity index is 2290. The highest BCUT2D eigenvalue weighted by atomic mass is 32.2. The largest absolute Gasteiger partial charge is 0.455 e. The number of rotatable bonds is 5. The van der Waals surface area contributed by atoms with Crippen LogP contribution in [0.2, 0.25) is 0 Å². The molecule has 0 N–H and O–H groups in total. The van der Waals surface area contributed by atoms with Crippen molar-refractivity contribution in [1.29, 1.82) is 5.26 Å². The minimum Gasteiger partial charge on any atom is -0.455 e. The summed E-state index contributed by atoms with van der Waals surface area (Å²) in [6.07, 6.45) is 8.38. The lowest BCUT2D eigenvalue weighted by molar-refractivity contribution is -0.00518. The highest BCUT2D eigenvalue weighted by Crippen LogP contribution is 2.60. The van der Waals surface area contributed by atoms with Crippen LogP contribution in [0.4, 0.5) is 0 Å². The van der Waals surface area contributed by atoms with Gasteiger partial charge in [0.2, 0.25) is 0 Å². The summed E-state index contributed by atoms with van der Waals surface area (Å²) in [5.41, 5.74) is 7.01. The fourth-order valence-electron chi connectivity index (χ4n) is 9.51. The average molecular weight is 667 g/mol. The summed E-state index contributed by atoms with van der Waals surface area (Å²) in [6.45, 7) is 0. The molecule has 5 nitrogen and oxygen atoms in total. The molecule has 50 heavy (non-hydrogen) atoms. The van der Waals surface area contributed by atoms with E-state index in [4.69, 9.17) is 19.7 Å². The summed E-state index contributed by atoms with van der Waals surface area (Å²) < 4.78 is 6.18. The summed E-state index contributed by atoms with van der Waals surface area (Å²) in [5.74, 6) is 6.09. The Morgan fingerprint density at radius 1 is 0.580 bits per heavy atom. The van der Waals surface area contributed by atoms with Gasteiger partial charge in [0.1, 0.15) is 11.5 Å². The van der Waals surface area contributed by atoms with Crippen LogP contribution in [0.25, 0.3) is 45.3 Å². The molecule has 4 saturated carbocycles. The van der Waals surface area contributed by atoms with Crippen molar-refractivity contribution in [1.82, 2.24) is 15.0 Å². The number of hydrogen-bond acceptors (Lipinski definition) is 6. The first-order valence-corrected chi connectivity index (χ1v) is 18.5. The second kappa shape index (κ2) is 11.7. The molecule has 5 aliphatic rings. The second-order valence-electron chi connectivity index (χ2n) is 14.6. The van der Waals surface area contributed by atoms with Crippen LogP contribution in [-0.2, 0) is 5.41 Å². The maximum Gasteiger partial charge on any atom is 0.164 e. The summed E-state index contributed by atoms with van der Waals surface area (Å²) in [6, 6.07) is 41.7. The van der Waals surface area contributed by atoms with Gasteiger partial charge >= 0.3 is 0 Å². The zero-order valence-electron chi connectivity index (χ0n) is 27.5. The van der Waals surface area contributed by atoms with Gasteiger partial charge in [0.05, 0.1) is 21.4 Å². The smallest absolute Gasteiger partial charge is 0.164 e. The normalized spacial score (nSPS) is 22.7. The van der Waals surface area contributed by atoms with Gasteiger partial charge < -0.3 is 4.74 Å². The fraction of sp³-hybridized carbons (Fsp3) is 0.227. The van der Waals surface area contributed by atoms with E-state index in [1.54, 1.807) is 11.8 Å². The van der Waals surface area contributed by atoms with E-state index in [1.807, 2.05) is 78.9 Å². The van der Waals surface area contributed by atoms with E-state index in [9.17, 15) is 5.26 Å². The van der Waals surface area contributed by atoms with Crippen molar-refractivity contribution in [3.63, 3.8) is 0 Å². The van der Waals surface area contributed by atoms with Crippen LogP contribution in [0.3, 0.4) is 0 Å². The predicted octanol–water partition coefficient (Wildman–Crippen LogP) is 11.1.